The Morgan fingerprint density at radius 2 is 1.92 bits per heavy atom. The average Bonchev–Trinajstić information content (AvgIpc) is 3.48. The van der Waals surface area contributed by atoms with E-state index in [-0.39, 0.29) is 40.7 Å². The highest BCUT2D eigenvalue weighted by Crippen LogP contribution is 2.69. The molecule has 5 nitrogen and oxygen atoms in total. The van der Waals surface area contributed by atoms with Gasteiger partial charge in [0.1, 0.15) is 12.7 Å². The normalized spacial score (nSPS) is 39.1. The molecule has 4 rings (SSSR count). The van der Waals surface area contributed by atoms with Gasteiger partial charge in [0.2, 0.25) is 0 Å². The molecule has 1 aliphatic heterocycles. The van der Waals surface area contributed by atoms with Crippen LogP contribution < -0.4 is 0 Å². The van der Waals surface area contributed by atoms with Crippen molar-refractivity contribution in [3.63, 3.8) is 0 Å². The molecule has 0 spiro atoms. The van der Waals surface area contributed by atoms with Gasteiger partial charge in [0.05, 0.1) is 5.60 Å². The van der Waals surface area contributed by atoms with Gasteiger partial charge in [0.15, 0.2) is 0 Å². The maximum atomic E-state index is 12.9. The number of cyclic esters (lactones) is 1. The van der Waals surface area contributed by atoms with E-state index >= 15 is 0 Å². The van der Waals surface area contributed by atoms with Crippen LogP contribution in [-0.4, -0.2) is 35.4 Å². The lowest BCUT2D eigenvalue weighted by molar-refractivity contribution is -0.268. The van der Waals surface area contributed by atoms with Crippen LogP contribution in [0.4, 0.5) is 0 Å². The third-order valence-electron chi connectivity index (χ3n) is 10.8. The van der Waals surface area contributed by atoms with Gasteiger partial charge in [0.25, 0.3) is 0 Å². The van der Waals surface area contributed by atoms with Crippen molar-refractivity contribution in [2.24, 2.45) is 34.5 Å². The number of carbonyl (C=O) groups is 2. The number of esters is 2. The Morgan fingerprint density at radius 3 is 2.53 bits per heavy atom. The lowest BCUT2D eigenvalue weighted by atomic mass is 9.39. The topological polar surface area (TPSA) is 72.8 Å². The number of fused-ring (bicyclic) bond motifs is 1. The summed E-state index contributed by atoms with van der Waals surface area (Å²) < 4.78 is 11.4. The predicted octanol–water partition coefficient (Wildman–Crippen LogP) is 6.76. The molecule has 6 unspecified atom stereocenters. The second kappa shape index (κ2) is 10.8. The monoisotopic (exact) mass is 502 g/mol. The zero-order valence-electron chi connectivity index (χ0n) is 23.4. The third-order valence-corrected chi connectivity index (χ3v) is 10.8. The van der Waals surface area contributed by atoms with Crippen molar-refractivity contribution in [1.82, 2.24) is 0 Å². The third kappa shape index (κ3) is 5.02. The Balaban J connectivity index is 1.77. The van der Waals surface area contributed by atoms with Crippen LogP contribution in [0, 0.1) is 34.5 Å². The Bertz CT molecular complexity index is 842. The maximum Gasteiger partial charge on any atom is 0.331 e. The van der Waals surface area contributed by atoms with E-state index in [0.717, 1.165) is 44.1 Å². The molecule has 36 heavy (non-hydrogen) atoms. The predicted molar refractivity (Wildman–Crippen MR) is 141 cm³/mol. The summed E-state index contributed by atoms with van der Waals surface area (Å²) in [7, 11) is 0. The molecular formula is C31H50O5. The summed E-state index contributed by atoms with van der Waals surface area (Å²) in [6.07, 6.45) is 15.1. The van der Waals surface area contributed by atoms with E-state index < -0.39 is 5.60 Å². The number of carbonyl (C=O) groups excluding carboxylic acids is 2. The molecule has 0 saturated heterocycles. The standard InChI is InChI=1S/C31H50O5/c1-21(2)10-8-15-30-16-9-14-29(5,25-11-6-7-12-25)28(30)26(36-23(4)32)18-22(3)31(30,34)17-13-24-19-27(33)35-20-24/h19,21-22,25-26,28,34H,6-18,20H2,1-5H3. The number of hydrogen-bond acceptors (Lipinski definition) is 5. The second-order valence-corrected chi connectivity index (χ2v) is 13.4. The summed E-state index contributed by atoms with van der Waals surface area (Å²) in [4.78, 5) is 24.1. The molecule has 0 aromatic heterocycles. The molecule has 204 valence electrons. The van der Waals surface area contributed by atoms with E-state index in [4.69, 9.17) is 9.47 Å². The van der Waals surface area contributed by atoms with E-state index in [1.165, 1.54) is 25.7 Å². The molecule has 0 amide bonds. The van der Waals surface area contributed by atoms with Crippen molar-refractivity contribution >= 4 is 11.9 Å². The van der Waals surface area contributed by atoms with Gasteiger partial charge in [0, 0.05) is 24.3 Å². The largest absolute Gasteiger partial charge is 0.462 e. The summed E-state index contributed by atoms with van der Waals surface area (Å²) in [5.74, 6) is 0.970. The van der Waals surface area contributed by atoms with Gasteiger partial charge in [-0.15, -0.1) is 0 Å². The lowest BCUT2D eigenvalue weighted by Gasteiger charge is -2.67. The molecule has 3 saturated carbocycles. The Morgan fingerprint density at radius 1 is 1.19 bits per heavy atom. The molecule has 0 aromatic rings. The van der Waals surface area contributed by atoms with Crippen LogP contribution in [0.2, 0.25) is 0 Å². The van der Waals surface area contributed by atoms with Gasteiger partial charge < -0.3 is 14.6 Å². The maximum absolute atomic E-state index is 12.9. The Labute approximate surface area is 218 Å². The van der Waals surface area contributed by atoms with Gasteiger partial charge in [-0.05, 0) is 80.1 Å². The first kappa shape index (κ1) is 27.7. The minimum atomic E-state index is -0.863. The van der Waals surface area contributed by atoms with Crippen molar-refractivity contribution < 1.29 is 24.2 Å². The van der Waals surface area contributed by atoms with Gasteiger partial charge in [-0.25, -0.2) is 4.79 Å². The summed E-state index contributed by atoms with van der Waals surface area (Å²) in [5, 5.41) is 12.9. The zero-order valence-corrected chi connectivity index (χ0v) is 23.4. The molecule has 3 fully saturated rings. The van der Waals surface area contributed by atoms with Crippen LogP contribution in [0.5, 0.6) is 0 Å². The first-order valence-corrected chi connectivity index (χ1v) is 14.8. The number of aliphatic hydroxyl groups is 1. The smallest absolute Gasteiger partial charge is 0.331 e. The van der Waals surface area contributed by atoms with E-state index in [9.17, 15) is 14.7 Å². The van der Waals surface area contributed by atoms with E-state index in [1.807, 2.05) is 0 Å². The van der Waals surface area contributed by atoms with Gasteiger partial charge >= 0.3 is 11.9 Å². The molecule has 0 radical (unpaired) electrons. The van der Waals surface area contributed by atoms with Crippen molar-refractivity contribution in [3.05, 3.63) is 11.6 Å². The summed E-state index contributed by atoms with van der Waals surface area (Å²) >= 11 is 0. The quantitative estimate of drug-likeness (QED) is 0.353. The first-order chi connectivity index (χ1) is 17.0. The van der Waals surface area contributed by atoms with Crippen molar-refractivity contribution in [2.45, 2.75) is 130 Å². The number of rotatable bonds is 9. The first-order valence-electron chi connectivity index (χ1n) is 14.8. The molecule has 0 aromatic carbocycles. The van der Waals surface area contributed by atoms with E-state index in [1.54, 1.807) is 13.0 Å². The summed E-state index contributed by atoms with van der Waals surface area (Å²) in [6.45, 7) is 11.1. The number of ether oxygens (including phenoxy) is 2. The molecule has 6 atom stereocenters. The Hall–Kier alpha value is -1.36. The highest BCUT2D eigenvalue weighted by atomic mass is 16.5. The van der Waals surface area contributed by atoms with Crippen LogP contribution in [0.1, 0.15) is 118 Å². The molecule has 3 aliphatic carbocycles. The molecule has 1 heterocycles. The van der Waals surface area contributed by atoms with Crippen LogP contribution in [-0.2, 0) is 19.1 Å². The average molecular weight is 503 g/mol. The molecule has 4 aliphatic rings. The summed E-state index contributed by atoms with van der Waals surface area (Å²) in [5.41, 5.74) is -0.102. The minimum absolute atomic E-state index is 0.0155. The van der Waals surface area contributed by atoms with Crippen LogP contribution in [0.25, 0.3) is 0 Å². The minimum Gasteiger partial charge on any atom is -0.462 e. The van der Waals surface area contributed by atoms with Gasteiger partial charge in [-0.1, -0.05) is 59.8 Å². The van der Waals surface area contributed by atoms with Gasteiger partial charge in [-0.2, -0.15) is 0 Å². The number of hydrogen-bond donors (Lipinski definition) is 1. The van der Waals surface area contributed by atoms with Crippen LogP contribution in [0.15, 0.2) is 11.6 Å². The highest BCUT2D eigenvalue weighted by Gasteiger charge is 2.68. The fraction of sp³-hybridized carbons (Fsp3) is 0.871. The van der Waals surface area contributed by atoms with Crippen molar-refractivity contribution in [3.8, 4) is 0 Å². The lowest BCUT2D eigenvalue weighted by Crippen LogP contribution is -2.69. The van der Waals surface area contributed by atoms with Crippen LogP contribution in [0.3, 0.4) is 0 Å². The van der Waals surface area contributed by atoms with E-state index in [0.29, 0.717) is 37.7 Å². The molecular weight excluding hydrogens is 452 g/mol. The second-order valence-electron chi connectivity index (χ2n) is 13.4. The van der Waals surface area contributed by atoms with Crippen molar-refractivity contribution in [1.29, 1.82) is 0 Å². The molecule has 5 heteroatoms. The van der Waals surface area contributed by atoms with Gasteiger partial charge in [-0.3, -0.25) is 4.79 Å². The molecule has 0 bridgehead atoms. The highest BCUT2D eigenvalue weighted by molar-refractivity contribution is 5.85. The molecule has 1 N–H and O–H groups in total. The zero-order chi connectivity index (χ0) is 26.1. The van der Waals surface area contributed by atoms with E-state index in [2.05, 4.69) is 27.7 Å². The fourth-order valence-electron chi connectivity index (χ4n) is 9.26. The van der Waals surface area contributed by atoms with Crippen molar-refractivity contribution in [2.75, 3.05) is 6.61 Å². The SMILES string of the molecule is CC(=O)OC1CC(C)C(O)(CCC2=CC(=O)OC2)C2(CCCC(C)C)CCCC(C)(C3CCCC3)C12. The van der Waals surface area contributed by atoms with Crippen LogP contribution >= 0.6 is 0 Å². The fourth-order valence-corrected chi connectivity index (χ4v) is 9.26. The Kier molecular flexibility index (Phi) is 8.29. The summed E-state index contributed by atoms with van der Waals surface area (Å²) in [6, 6.07) is 0.